The minimum atomic E-state index is -0.123. The summed E-state index contributed by atoms with van der Waals surface area (Å²) < 4.78 is 10.6. The molecule has 0 radical (unpaired) electrons. The number of rotatable bonds is 5. The number of hydrazone groups is 1. The van der Waals surface area contributed by atoms with E-state index >= 15 is 0 Å². The van der Waals surface area contributed by atoms with Gasteiger partial charge in [-0.2, -0.15) is 5.10 Å². The number of aromatic amines is 1. The van der Waals surface area contributed by atoms with E-state index < -0.39 is 0 Å². The lowest BCUT2D eigenvalue weighted by Crippen LogP contribution is -2.17. The summed E-state index contributed by atoms with van der Waals surface area (Å²) in [6.45, 7) is 0.237. The van der Waals surface area contributed by atoms with Crippen LogP contribution in [0.5, 0.6) is 11.5 Å². The Balaban J connectivity index is 1.32. The second-order valence-electron chi connectivity index (χ2n) is 5.77. The van der Waals surface area contributed by atoms with Gasteiger partial charge in [0.05, 0.1) is 6.21 Å². The number of hydrogen-bond acceptors (Lipinski definition) is 4. The van der Waals surface area contributed by atoms with E-state index in [1.807, 2.05) is 42.6 Å². The van der Waals surface area contributed by atoms with Crippen LogP contribution in [0.25, 0.3) is 10.9 Å². The molecule has 25 heavy (non-hydrogen) atoms. The normalized spacial score (nSPS) is 12.8. The maximum absolute atomic E-state index is 12.0. The molecule has 2 heterocycles. The molecule has 0 saturated carbocycles. The van der Waals surface area contributed by atoms with Gasteiger partial charge in [-0.15, -0.1) is 0 Å². The molecule has 1 aliphatic rings. The third-order valence-electron chi connectivity index (χ3n) is 4.10. The van der Waals surface area contributed by atoms with E-state index in [9.17, 15) is 4.79 Å². The lowest BCUT2D eigenvalue weighted by molar-refractivity contribution is -0.121. The first-order chi connectivity index (χ1) is 12.3. The molecule has 0 aliphatic carbocycles. The van der Waals surface area contributed by atoms with Gasteiger partial charge < -0.3 is 14.5 Å². The number of H-pyrrole nitrogens is 1. The van der Waals surface area contributed by atoms with Gasteiger partial charge >= 0.3 is 0 Å². The Morgan fingerprint density at radius 3 is 3.04 bits per heavy atom. The van der Waals surface area contributed by atoms with Crippen molar-refractivity contribution in [1.82, 2.24) is 10.4 Å². The third kappa shape index (κ3) is 3.33. The Labute approximate surface area is 144 Å². The van der Waals surface area contributed by atoms with Crippen LogP contribution >= 0.6 is 0 Å². The molecular weight excluding hydrogens is 318 g/mol. The summed E-state index contributed by atoms with van der Waals surface area (Å²) in [5, 5.41) is 5.15. The molecule has 2 N–H and O–H groups in total. The Hall–Kier alpha value is -3.28. The summed E-state index contributed by atoms with van der Waals surface area (Å²) in [7, 11) is 0. The van der Waals surface area contributed by atoms with Crippen LogP contribution in [0.3, 0.4) is 0 Å². The number of nitrogens with one attached hydrogen (secondary N) is 2. The second kappa shape index (κ2) is 6.68. The minimum Gasteiger partial charge on any atom is -0.454 e. The Morgan fingerprint density at radius 2 is 2.08 bits per heavy atom. The van der Waals surface area contributed by atoms with E-state index in [4.69, 9.17) is 9.47 Å². The molecule has 0 atom stereocenters. The number of carbonyl (C=O) groups is 1. The Morgan fingerprint density at radius 1 is 1.20 bits per heavy atom. The van der Waals surface area contributed by atoms with Gasteiger partial charge in [-0.25, -0.2) is 5.43 Å². The zero-order valence-electron chi connectivity index (χ0n) is 13.5. The van der Waals surface area contributed by atoms with E-state index in [-0.39, 0.29) is 12.7 Å². The summed E-state index contributed by atoms with van der Waals surface area (Å²) in [6, 6.07) is 13.6. The van der Waals surface area contributed by atoms with Crippen molar-refractivity contribution in [2.45, 2.75) is 12.8 Å². The minimum absolute atomic E-state index is 0.123. The quantitative estimate of drug-likeness (QED) is 0.556. The van der Waals surface area contributed by atoms with Crippen LogP contribution in [0.1, 0.15) is 17.5 Å². The standard InChI is InChI=1S/C19H17N3O3/c23-19(8-6-14-11-20-16-4-2-1-3-15(14)16)22-21-10-13-5-7-17-18(9-13)25-12-24-17/h1-5,7,9-11,20H,6,8,12H2,(H,22,23)/b21-10+. The topological polar surface area (TPSA) is 75.7 Å². The number of ether oxygens (including phenoxy) is 2. The zero-order valence-corrected chi connectivity index (χ0v) is 13.5. The molecule has 1 amide bonds. The average molecular weight is 335 g/mol. The molecule has 4 rings (SSSR count). The van der Waals surface area contributed by atoms with Crippen molar-refractivity contribution in [3.63, 3.8) is 0 Å². The molecule has 0 saturated heterocycles. The molecule has 0 bridgehead atoms. The van der Waals surface area contributed by atoms with Gasteiger partial charge in [0.25, 0.3) is 0 Å². The fourth-order valence-corrected chi connectivity index (χ4v) is 2.81. The summed E-state index contributed by atoms with van der Waals surface area (Å²) in [6.07, 6.45) is 4.58. The number of nitrogens with zero attached hydrogens (tertiary/aromatic N) is 1. The van der Waals surface area contributed by atoms with Gasteiger partial charge in [0, 0.05) is 23.5 Å². The first kappa shape index (κ1) is 15.3. The molecular formula is C19H17N3O3. The lowest BCUT2D eigenvalue weighted by Gasteiger charge is -2.00. The number of para-hydroxylation sites is 1. The highest BCUT2D eigenvalue weighted by Crippen LogP contribution is 2.31. The number of aromatic nitrogens is 1. The maximum Gasteiger partial charge on any atom is 0.240 e. The molecule has 1 aliphatic heterocycles. The highest BCUT2D eigenvalue weighted by atomic mass is 16.7. The summed E-state index contributed by atoms with van der Waals surface area (Å²) >= 11 is 0. The summed E-state index contributed by atoms with van der Waals surface area (Å²) in [4.78, 5) is 15.2. The van der Waals surface area contributed by atoms with Crippen molar-refractivity contribution in [2.24, 2.45) is 5.10 Å². The number of amides is 1. The van der Waals surface area contributed by atoms with Crippen molar-refractivity contribution >= 4 is 23.0 Å². The fourth-order valence-electron chi connectivity index (χ4n) is 2.81. The third-order valence-corrected chi connectivity index (χ3v) is 4.10. The maximum atomic E-state index is 12.0. The van der Waals surface area contributed by atoms with E-state index in [0.29, 0.717) is 18.6 Å². The molecule has 3 aromatic rings. The number of aryl methyl sites for hydroxylation is 1. The van der Waals surface area contributed by atoms with Crippen LogP contribution in [0.15, 0.2) is 53.8 Å². The predicted molar refractivity (Wildman–Crippen MR) is 94.9 cm³/mol. The molecule has 0 fully saturated rings. The molecule has 2 aromatic carbocycles. The zero-order chi connectivity index (χ0) is 17.1. The number of carbonyl (C=O) groups excluding carboxylic acids is 1. The molecule has 6 heteroatoms. The second-order valence-corrected chi connectivity index (χ2v) is 5.77. The summed E-state index contributed by atoms with van der Waals surface area (Å²) in [5.74, 6) is 1.29. The van der Waals surface area contributed by atoms with Crippen molar-refractivity contribution in [3.8, 4) is 11.5 Å². The number of fused-ring (bicyclic) bond motifs is 2. The highest BCUT2D eigenvalue weighted by Gasteiger charge is 2.12. The van der Waals surface area contributed by atoms with Gasteiger partial charge in [0.1, 0.15) is 0 Å². The average Bonchev–Trinajstić information content (AvgIpc) is 3.26. The first-order valence-corrected chi connectivity index (χ1v) is 8.06. The fraction of sp³-hybridized carbons (Fsp3) is 0.158. The molecule has 6 nitrogen and oxygen atoms in total. The van der Waals surface area contributed by atoms with Crippen molar-refractivity contribution < 1.29 is 14.3 Å². The van der Waals surface area contributed by atoms with E-state index in [2.05, 4.69) is 21.6 Å². The monoisotopic (exact) mass is 335 g/mol. The van der Waals surface area contributed by atoms with Crippen molar-refractivity contribution in [2.75, 3.05) is 6.79 Å². The van der Waals surface area contributed by atoms with Crippen LogP contribution in [-0.4, -0.2) is 23.9 Å². The van der Waals surface area contributed by atoms with E-state index in [0.717, 1.165) is 27.8 Å². The van der Waals surface area contributed by atoms with E-state index in [1.165, 1.54) is 0 Å². The van der Waals surface area contributed by atoms with Crippen LogP contribution in [0.2, 0.25) is 0 Å². The van der Waals surface area contributed by atoms with Crippen LogP contribution < -0.4 is 14.9 Å². The smallest absolute Gasteiger partial charge is 0.240 e. The van der Waals surface area contributed by atoms with Gasteiger partial charge in [-0.05, 0) is 41.8 Å². The molecule has 0 spiro atoms. The Kier molecular flexibility index (Phi) is 4.08. The molecule has 1 aromatic heterocycles. The number of benzene rings is 2. The van der Waals surface area contributed by atoms with Gasteiger partial charge in [0.15, 0.2) is 11.5 Å². The van der Waals surface area contributed by atoms with Gasteiger partial charge in [-0.1, -0.05) is 18.2 Å². The van der Waals surface area contributed by atoms with Gasteiger partial charge in [0.2, 0.25) is 12.7 Å². The number of hydrogen-bond donors (Lipinski definition) is 2. The lowest BCUT2D eigenvalue weighted by atomic mass is 10.1. The molecule has 0 unspecified atom stereocenters. The highest BCUT2D eigenvalue weighted by molar-refractivity contribution is 5.85. The van der Waals surface area contributed by atoms with Crippen molar-refractivity contribution in [1.29, 1.82) is 0 Å². The molecule has 126 valence electrons. The van der Waals surface area contributed by atoms with E-state index in [1.54, 1.807) is 6.21 Å². The van der Waals surface area contributed by atoms with Crippen LogP contribution in [-0.2, 0) is 11.2 Å². The summed E-state index contributed by atoms with van der Waals surface area (Å²) in [5.41, 5.74) is 5.60. The SMILES string of the molecule is O=C(CCc1c[nH]c2ccccc12)N/N=C/c1ccc2c(c1)OCO2. The Bertz CT molecular complexity index is 946. The predicted octanol–water partition coefficient (Wildman–Crippen LogP) is 2.98. The van der Waals surface area contributed by atoms with Crippen molar-refractivity contribution in [3.05, 3.63) is 59.8 Å². The van der Waals surface area contributed by atoms with Crippen LogP contribution in [0, 0.1) is 0 Å². The van der Waals surface area contributed by atoms with Crippen LogP contribution in [0.4, 0.5) is 0 Å². The first-order valence-electron chi connectivity index (χ1n) is 8.06. The largest absolute Gasteiger partial charge is 0.454 e. The van der Waals surface area contributed by atoms with Gasteiger partial charge in [-0.3, -0.25) is 4.79 Å².